The summed E-state index contributed by atoms with van der Waals surface area (Å²) < 4.78 is 7.77. The van der Waals surface area contributed by atoms with Crippen LogP contribution in [-0.2, 0) is 4.74 Å². The normalized spacial score (nSPS) is 26.0. The van der Waals surface area contributed by atoms with Gasteiger partial charge in [-0.05, 0) is 51.4 Å². The molecule has 1 saturated carbocycles. The van der Waals surface area contributed by atoms with Crippen molar-refractivity contribution in [2.45, 2.75) is 59.4 Å². The maximum atomic E-state index is 5.38. The number of hydrogen-bond donors (Lipinski definition) is 1. The average Bonchev–Trinajstić information content (AvgIpc) is 2.79. The molecule has 1 aromatic heterocycles. The van der Waals surface area contributed by atoms with Gasteiger partial charge in [-0.2, -0.15) is 0 Å². The molecule has 0 radical (unpaired) electrons. The van der Waals surface area contributed by atoms with Gasteiger partial charge in [0.05, 0.1) is 5.69 Å². The smallest absolute Gasteiger partial charge is 0.203 e. The Morgan fingerprint density at radius 1 is 1.38 bits per heavy atom. The van der Waals surface area contributed by atoms with Crippen LogP contribution < -0.4 is 5.32 Å². The zero-order valence-electron chi connectivity index (χ0n) is 14.1. The molecule has 0 aromatic carbocycles. The SMILES string of the molecule is CCOCCCNc1nc(C)cn1C1CCC(C)CC1C. The first-order valence-corrected chi connectivity index (χ1v) is 8.48. The summed E-state index contributed by atoms with van der Waals surface area (Å²) in [6, 6.07) is 0.594. The highest BCUT2D eigenvalue weighted by Gasteiger charge is 2.28. The Hall–Kier alpha value is -1.03. The molecule has 0 aliphatic heterocycles. The zero-order chi connectivity index (χ0) is 15.2. The van der Waals surface area contributed by atoms with Gasteiger partial charge in [0.15, 0.2) is 0 Å². The third-order valence-electron chi connectivity index (χ3n) is 4.55. The van der Waals surface area contributed by atoms with Crippen molar-refractivity contribution in [3.63, 3.8) is 0 Å². The molecule has 3 unspecified atom stereocenters. The molecule has 0 saturated heterocycles. The summed E-state index contributed by atoms with van der Waals surface area (Å²) in [4.78, 5) is 4.67. The van der Waals surface area contributed by atoms with Gasteiger partial charge in [0.2, 0.25) is 5.95 Å². The molecule has 3 atom stereocenters. The van der Waals surface area contributed by atoms with Crippen LogP contribution in [0.2, 0.25) is 0 Å². The van der Waals surface area contributed by atoms with E-state index in [1.807, 2.05) is 6.92 Å². The van der Waals surface area contributed by atoms with Gasteiger partial charge in [0.25, 0.3) is 0 Å². The maximum absolute atomic E-state index is 5.38. The summed E-state index contributed by atoms with van der Waals surface area (Å²) in [7, 11) is 0. The third kappa shape index (κ3) is 4.47. The molecule has 4 heteroatoms. The summed E-state index contributed by atoms with van der Waals surface area (Å²) in [5.74, 6) is 2.63. The molecular weight excluding hydrogens is 262 g/mol. The number of hydrogen-bond acceptors (Lipinski definition) is 3. The topological polar surface area (TPSA) is 39.1 Å². The Morgan fingerprint density at radius 3 is 2.90 bits per heavy atom. The van der Waals surface area contributed by atoms with Gasteiger partial charge in [-0.3, -0.25) is 0 Å². The molecule has 1 aromatic rings. The van der Waals surface area contributed by atoms with E-state index < -0.39 is 0 Å². The molecule has 120 valence electrons. The van der Waals surface area contributed by atoms with E-state index in [2.05, 4.69) is 41.8 Å². The van der Waals surface area contributed by atoms with Crippen LogP contribution in [0.1, 0.15) is 58.2 Å². The Morgan fingerprint density at radius 2 is 2.19 bits per heavy atom. The quantitative estimate of drug-likeness (QED) is 0.772. The predicted octanol–water partition coefficient (Wildman–Crippen LogP) is 4.03. The number of rotatable bonds is 7. The highest BCUT2D eigenvalue weighted by molar-refractivity contribution is 5.29. The van der Waals surface area contributed by atoms with Crippen molar-refractivity contribution in [1.82, 2.24) is 9.55 Å². The number of ether oxygens (including phenoxy) is 1. The van der Waals surface area contributed by atoms with E-state index in [4.69, 9.17) is 4.74 Å². The summed E-state index contributed by atoms with van der Waals surface area (Å²) in [5.41, 5.74) is 1.10. The van der Waals surface area contributed by atoms with Gasteiger partial charge in [0, 0.05) is 32.0 Å². The molecule has 4 nitrogen and oxygen atoms in total. The second kappa shape index (κ2) is 7.83. The van der Waals surface area contributed by atoms with Crippen LogP contribution >= 0.6 is 0 Å². The van der Waals surface area contributed by atoms with Crippen LogP contribution in [0.15, 0.2) is 6.20 Å². The first-order valence-electron chi connectivity index (χ1n) is 8.48. The number of nitrogens with one attached hydrogen (secondary N) is 1. The van der Waals surface area contributed by atoms with Crippen LogP contribution in [0.4, 0.5) is 5.95 Å². The van der Waals surface area contributed by atoms with Crippen molar-refractivity contribution in [1.29, 1.82) is 0 Å². The monoisotopic (exact) mass is 293 g/mol. The maximum Gasteiger partial charge on any atom is 0.203 e. The predicted molar refractivity (Wildman–Crippen MR) is 87.8 cm³/mol. The van der Waals surface area contributed by atoms with Crippen LogP contribution in [0.25, 0.3) is 0 Å². The highest BCUT2D eigenvalue weighted by atomic mass is 16.5. The van der Waals surface area contributed by atoms with Crippen molar-refractivity contribution in [2.75, 3.05) is 25.1 Å². The largest absolute Gasteiger partial charge is 0.382 e. The van der Waals surface area contributed by atoms with E-state index in [0.717, 1.165) is 49.7 Å². The molecule has 0 bridgehead atoms. The van der Waals surface area contributed by atoms with Crippen LogP contribution in [0.3, 0.4) is 0 Å². The molecule has 21 heavy (non-hydrogen) atoms. The molecule has 0 amide bonds. The number of imidazole rings is 1. The van der Waals surface area contributed by atoms with Crippen molar-refractivity contribution in [3.05, 3.63) is 11.9 Å². The molecule has 1 N–H and O–H groups in total. The highest BCUT2D eigenvalue weighted by Crippen LogP contribution is 2.38. The molecule has 1 fully saturated rings. The van der Waals surface area contributed by atoms with Gasteiger partial charge in [-0.15, -0.1) is 0 Å². The van der Waals surface area contributed by atoms with E-state index >= 15 is 0 Å². The Bertz CT molecular complexity index is 430. The fourth-order valence-corrected chi connectivity index (χ4v) is 3.48. The second-order valence-corrected chi connectivity index (χ2v) is 6.55. The lowest BCUT2D eigenvalue weighted by Gasteiger charge is -2.34. The fourth-order valence-electron chi connectivity index (χ4n) is 3.48. The van der Waals surface area contributed by atoms with Crippen LogP contribution in [0.5, 0.6) is 0 Å². The fraction of sp³-hybridized carbons (Fsp3) is 0.824. The second-order valence-electron chi connectivity index (χ2n) is 6.55. The van der Waals surface area contributed by atoms with Gasteiger partial charge in [-0.1, -0.05) is 13.8 Å². The number of anilines is 1. The minimum absolute atomic E-state index is 0.594. The first kappa shape index (κ1) is 16.3. The molecule has 1 heterocycles. The summed E-state index contributed by atoms with van der Waals surface area (Å²) in [6.07, 6.45) is 7.16. The Labute approximate surface area is 129 Å². The summed E-state index contributed by atoms with van der Waals surface area (Å²) in [6.45, 7) is 11.4. The van der Waals surface area contributed by atoms with Crippen molar-refractivity contribution >= 4 is 5.95 Å². The molecule has 0 spiro atoms. The standard InChI is InChI=1S/C17H31N3O/c1-5-21-10-6-9-18-17-19-15(4)12-20(17)16-8-7-13(2)11-14(16)3/h12-14,16H,5-11H2,1-4H3,(H,18,19). The van der Waals surface area contributed by atoms with Gasteiger partial charge in [-0.25, -0.2) is 4.98 Å². The Kier molecular flexibility index (Phi) is 6.09. The van der Waals surface area contributed by atoms with Crippen molar-refractivity contribution < 1.29 is 4.74 Å². The van der Waals surface area contributed by atoms with Crippen LogP contribution in [0, 0.1) is 18.8 Å². The van der Waals surface area contributed by atoms with E-state index in [9.17, 15) is 0 Å². The minimum atomic E-state index is 0.594. The lowest BCUT2D eigenvalue weighted by molar-refractivity contribution is 0.147. The number of nitrogens with zero attached hydrogens (tertiary/aromatic N) is 2. The number of aryl methyl sites for hydroxylation is 1. The Balaban J connectivity index is 1.96. The van der Waals surface area contributed by atoms with Gasteiger partial charge < -0.3 is 14.6 Å². The van der Waals surface area contributed by atoms with E-state index in [1.54, 1.807) is 0 Å². The summed E-state index contributed by atoms with van der Waals surface area (Å²) in [5, 5.41) is 3.49. The molecule has 2 rings (SSSR count). The van der Waals surface area contributed by atoms with Crippen molar-refractivity contribution in [2.24, 2.45) is 11.8 Å². The summed E-state index contributed by atoms with van der Waals surface area (Å²) >= 11 is 0. The van der Waals surface area contributed by atoms with E-state index in [0.29, 0.717) is 6.04 Å². The molecule has 1 aliphatic rings. The average molecular weight is 293 g/mol. The van der Waals surface area contributed by atoms with E-state index in [1.165, 1.54) is 19.3 Å². The van der Waals surface area contributed by atoms with E-state index in [-0.39, 0.29) is 0 Å². The minimum Gasteiger partial charge on any atom is -0.382 e. The van der Waals surface area contributed by atoms with Crippen molar-refractivity contribution in [3.8, 4) is 0 Å². The number of aromatic nitrogens is 2. The molecule has 1 aliphatic carbocycles. The molecular formula is C17H31N3O. The van der Waals surface area contributed by atoms with Gasteiger partial charge in [0.1, 0.15) is 0 Å². The first-order chi connectivity index (χ1) is 10.1. The van der Waals surface area contributed by atoms with Gasteiger partial charge >= 0.3 is 0 Å². The zero-order valence-corrected chi connectivity index (χ0v) is 14.1. The third-order valence-corrected chi connectivity index (χ3v) is 4.55. The lowest BCUT2D eigenvalue weighted by atomic mass is 9.80. The van der Waals surface area contributed by atoms with Crippen LogP contribution in [-0.4, -0.2) is 29.3 Å². The lowest BCUT2D eigenvalue weighted by Crippen LogP contribution is -2.25.